The Balaban J connectivity index is 2.43. The fourth-order valence-electron chi connectivity index (χ4n) is 2.96. The zero-order valence-corrected chi connectivity index (χ0v) is 13.4. The van der Waals surface area contributed by atoms with Gasteiger partial charge in [-0.05, 0) is 25.0 Å². The van der Waals surface area contributed by atoms with Crippen LogP contribution in [-0.4, -0.2) is 32.7 Å². The first-order valence-electron chi connectivity index (χ1n) is 6.99. The molecule has 0 saturated heterocycles. The van der Waals surface area contributed by atoms with Crippen molar-refractivity contribution in [2.75, 3.05) is 7.11 Å². The lowest BCUT2D eigenvalue weighted by Crippen LogP contribution is -2.23. The summed E-state index contributed by atoms with van der Waals surface area (Å²) in [6.45, 7) is 0. The summed E-state index contributed by atoms with van der Waals surface area (Å²) in [5.41, 5.74) is -1.24. The van der Waals surface area contributed by atoms with Gasteiger partial charge in [0.15, 0.2) is 9.84 Å². The Labute approximate surface area is 136 Å². The fraction of sp³-hybridized carbons (Fsp3) is 0.467. The molecule has 130 valence electrons. The molecule has 1 aliphatic rings. The average Bonchev–Trinajstić information content (AvgIpc) is 2.98. The van der Waals surface area contributed by atoms with Crippen molar-refractivity contribution in [3.05, 3.63) is 29.8 Å². The number of hydrogen-bond acceptors (Lipinski definition) is 5. The predicted molar refractivity (Wildman–Crippen MR) is 76.6 cm³/mol. The summed E-state index contributed by atoms with van der Waals surface area (Å²) in [4.78, 5) is 10.8. The Morgan fingerprint density at radius 2 is 1.92 bits per heavy atom. The van der Waals surface area contributed by atoms with Crippen LogP contribution in [0.3, 0.4) is 0 Å². The highest BCUT2D eigenvalue weighted by Gasteiger charge is 2.47. The maximum atomic E-state index is 13.1. The summed E-state index contributed by atoms with van der Waals surface area (Å²) < 4.78 is 69.6. The van der Waals surface area contributed by atoms with Gasteiger partial charge in [0.2, 0.25) is 5.78 Å². The van der Waals surface area contributed by atoms with Crippen molar-refractivity contribution in [3.63, 3.8) is 0 Å². The van der Waals surface area contributed by atoms with Gasteiger partial charge in [-0.1, -0.05) is 12.1 Å². The molecule has 3 atom stereocenters. The maximum absolute atomic E-state index is 13.1. The number of benzene rings is 1. The molecule has 24 heavy (non-hydrogen) atoms. The zero-order valence-electron chi connectivity index (χ0n) is 12.6. The highest BCUT2D eigenvalue weighted by atomic mass is 32.2. The molecule has 9 heteroatoms. The number of carbonyl (C=O) groups excluding carboxylic acids is 1. The number of halogens is 3. The minimum atomic E-state index is -4.81. The first-order chi connectivity index (χ1) is 11.1. The second-order valence-corrected chi connectivity index (χ2v) is 7.69. The van der Waals surface area contributed by atoms with Crippen LogP contribution >= 0.6 is 0 Å². The van der Waals surface area contributed by atoms with Gasteiger partial charge in [0, 0.05) is 7.11 Å². The van der Waals surface area contributed by atoms with Gasteiger partial charge in [-0.25, -0.2) is 8.42 Å². The van der Waals surface area contributed by atoms with Gasteiger partial charge in [0.1, 0.15) is 6.07 Å². The second-order valence-electron chi connectivity index (χ2n) is 5.49. The Kier molecular flexibility index (Phi) is 5.01. The van der Waals surface area contributed by atoms with Crippen molar-refractivity contribution < 1.29 is 31.1 Å². The van der Waals surface area contributed by atoms with Crippen LogP contribution in [-0.2, 0) is 25.5 Å². The standard InChI is InChI=1S/C15H14F3NO4S/c1-23-13-7-9(6-10(13)12(20)8-19)24(21,22)14-5-3-2-4-11(14)15(16,17)18/h2-5,9-10,13H,6-7H2,1H3/t9-,10+,13-/m0/s1. The van der Waals surface area contributed by atoms with Gasteiger partial charge in [-0.3, -0.25) is 4.79 Å². The van der Waals surface area contributed by atoms with E-state index in [4.69, 9.17) is 10.00 Å². The van der Waals surface area contributed by atoms with E-state index >= 15 is 0 Å². The Morgan fingerprint density at radius 3 is 2.46 bits per heavy atom. The molecule has 0 amide bonds. The molecular weight excluding hydrogens is 347 g/mol. The number of carbonyl (C=O) groups is 1. The molecule has 1 aromatic rings. The van der Waals surface area contributed by atoms with E-state index in [0.29, 0.717) is 6.07 Å². The van der Waals surface area contributed by atoms with E-state index in [9.17, 15) is 26.4 Å². The van der Waals surface area contributed by atoms with Crippen molar-refractivity contribution in [1.29, 1.82) is 5.26 Å². The third-order valence-electron chi connectivity index (χ3n) is 4.15. The first kappa shape index (κ1) is 18.4. The molecule has 5 nitrogen and oxygen atoms in total. The van der Waals surface area contributed by atoms with Gasteiger partial charge >= 0.3 is 6.18 Å². The van der Waals surface area contributed by atoms with E-state index in [2.05, 4.69) is 0 Å². The lowest BCUT2D eigenvalue weighted by molar-refractivity contribution is -0.139. The molecule has 0 aromatic heterocycles. The lowest BCUT2D eigenvalue weighted by Gasteiger charge is -2.16. The molecule has 0 unspecified atom stereocenters. The van der Waals surface area contributed by atoms with E-state index in [1.54, 1.807) is 0 Å². The molecule has 1 fully saturated rings. The first-order valence-corrected chi connectivity index (χ1v) is 8.54. The third-order valence-corrected chi connectivity index (χ3v) is 6.38. The number of methoxy groups -OCH3 is 1. The van der Waals surface area contributed by atoms with Gasteiger partial charge in [-0.2, -0.15) is 18.4 Å². The molecule has 0 radical (unpaired) electrons. The number of Topliss-reactive ketones (excluding diaryl/α,β-unsaturated/α-hetero) is 1. The van der Waals surface area contributed by atoms with Crippen molar-refractivity contribution in [2.24, 2.45) is 5.92 Å². The Morgan fingerprint density at radius 1 is 1.29 bits per heavy atom. The molecule has 0 N–H and O–H groups in total. The summed E-state index contributed by atoms with van der Waals surface area (Å²) in [7, 11) is -3.07. The summed E-state index contributed by atoms with van der Waals surface area (Å²) >= 11 is 0. The molecule has 1 aromatic carbocycles. The Hall–Kier alpha value is -1.92. The predicted octanol–water partition coefficient (Wildman–Crippen LogP) is 2.37. The fourth-order valence-corrected chi connectivity index (χ4v) is 4.98. The number of nitrogens with zero attached hydrogens (tertiary/aromatic N) is 1. The van der Waals surface area contributed by atoms with Crippen molar-refractivity contribution in [2.45, 2.75) is 35.3 Å². The summed E-state index contributed by atoms with van der Waals surface area (Å²) in [6.07, 6.45) is -6.00. The van der Waals surface area contributed by atoms with E-state index in [1.807, 2.05) is 0 Å². The number of ketones is 1. The SMILES string of the molecule is CO[C@H]1C[C@@H](S(=O)(=O)c2ccccc2C(F)(F)F)C[C@@H]1C(=O)C#N. The van der Waals surface area contributed by atoms with E-state index < -0.39 is 49.5 Å². The number of nitriles is 1. The topological polar surface area (TPSA) is 84.2 Å². The summed E-state index contributed by atoms with van der Waals surface area (Å²) in [6, 6.07) is 5.35. The summed E-state index contributed by atoms with van der Waals surface area (Å²) in [5.74, 6) is -1.79. The van der Waals surface area contributed by atoms with Gasteiger partial charge in [-0.15, -0.1) is 0 Å². The van der Waals surface area contributed by atoms with Crippen LogP contribution < -0.4 is 0 Å². The van der Waals surface area contributed by atoms with E-state index in [-0.39, 0.29) is 12.8 Å². The largest absolute Gasteiger partial charge is 0.417 e. The lowest BCUT2D eigenvalue weighted by atomic mass is 10.0. The second kappa shape index (κ2) is 6.53. The van der Waals surface area contributed by atoms with E-state index in [1.165, 1.54) is 19.2 Å². The van der Waals surface area contributed by atoms with Crippen molar-refractivity contribution in [3.8, 4) is 6.07 Å². The van der Waals surface area contributed by atoms with Gasteiger partial charge in [0.25, 0.3) is 0 Å². The number of sulfone groups is 1. The van der Waals surface area contributed by atoms with Crippen molar-refractivity contribution >= 4 is 15.6 Å². The molecular formula is C15H14F3NO4S. The van der Waals surface area contributed by atoms with Gasteiger partial charge < -0.3 is 4.74 Å². The van der Waals surface area contributed by atoms with Crippen LogP contribution in [0.2, 0.25) is 0 Å². The van der Waals surface area contributed by atoms with Crippen molar-refractivity contribution in [1.82, 2.24) is 0 Å². The van der Waals surface area contributed by atoms with Crippen LogP contribution in [0, 0.1) is 17.2 Å². The molecule has 0 heterocycles. The molecule has 0 spiro atoms. The van der Waals surface area contributed by atoms with E-state index in [0.717, 1.165) is 12.1 Å². The van der Waals surface area contributed by atoms with Crippen LogP contribution in [0.25, 0.3) is 0 Å². The average molecular weight is 361 g/mol. The van der Waals surface area contributed by atoms with Gasteiger partial charge in [0.05, 0.1) is 27.7 Å². The maximum Gasteiger partial charge on any atom is 0.417 e. The molecule has 1 aliphatic carbocycles. The monoisotopic (exact) mass is 361 g/mol. The molecule has 0 bridgehead atoms. The molecule has 1 saturated carbocycles. The zero-order chi connectivity index (χ0) is 18.1. The number of hydrogen-bond donors (Lipinski definition) is 0. The minimum absolute atomic E-state index is 0.136. The van der Waals surface area contributed by atoms with Crippen LogP contribution in [0.15, 0.2) is 29.2 Å². The quantitative estimate of drug-likeness (QED) is 0.769. The number of rotatable bonds is 4. The number of ether oxygens (including phenoxy) is 1. The number of alkyl halides is 3. The van der Waals surface area contributed by atoms with Crippen LogP contribution in [0.1, 0.15) is 18.4 Å². The van der Waals surface area contributed by atoms with Crippen LogP contribution in [0.4, 0.5) is 13.2 Å². The normalized spacial score (nSPS) is 24.5. The third kappa shape index (κ3) is 3.30. The minimum Gasteiger partial charge on any atom is -0.381 e. The summed E-state index contributed by atoms with van der Waals surface area (Å²) in [5, 5.41) is 7.50. The Bertz CT molecular complexity index is 783. The molecule has 2 rings (SSSR count). The highest BCUT2D eigenvalue weighted by Crippen LogP contribution is 2.40. The highest BCUT2D eigenvalue weighted by molar-refractivity contribution is 7.92. The van der Waals surface area contributed by atoms with Crippen LogP contribution in [0.5, 0.6) is 0 Å². The smallest absolute Gasteiger partial charge is 0.381 e. The molecule has 0 aliphatic heterocycles.